The van der Waals surface area contributed by atoms with E-state index in [1.54, 1.807) is 6.21 Å². The molecule has 268 valence electrons. The lowest BCUT2D eigenvalue weighted by molar-refractivity contribution is 0.669. The van der Waals surface area contributed by atoms with E-state index in [0.29, 0.717) is 5.84 Å². The molecule has 6 heteroatoms. The molecule has 0 unspecified atom stereocenters. The quantitative estimate of drug-likeness (QED) is 0.138. The summed E-state index contributed by atoms with van der Waals surface area (Å²) in [5, 5.41) is 15.8. The summed E-state index contributed by atoms with van der Waals surface area (Å²) in [6.07, 6.45) is 1.79. The van der Waals surface area contributed by atoms with Crippen molar-refractivity contribution < 1.29 is 4.42 Å². The van der Waals surface area contributed by atoms with E-state index in [0.717, 1.165) is 49.9 Å². The first kappa shape index (κ1) is 33.0. The minimum atomic E-state index is 0.157. The average Bonchev–Trinajstić information content (AvgIpc) is 3.94. The summed E-state index contributed by atoms with van der Waals surface area (Å²) >= 11 is 1.85. The van der Waals surface area contributed by atoms with Crippen LogP contribution in [0.3, 0.4) is 0 Å². The normalized spacial score (nSPS) is 12.3. The van der Waals surface area contributed by atoms with Gasteiger partial charge in [-0.1, -0.05) is 140 Å². The van der Waals surface area contributed by atoms with E-state index < -0.39 is 0 Å². The second-order valence-electron chi connectivity index (χ2n) is 14.1. The molecule has 11 rings (SSSR count). The molecule has 0 saturated heterocycles. The van der Waals surface area contributed by atoms with Crippen molar-refractivity contribution in [3.8, 4) is 16.8 Å². The third-order valence-electron chi connectivity index (χ3n) is 10.8. The van der Waals surface area contributed by atoms with Crippen LogP contribution in [0.4, 0.5) is 0 Å². The Balaban J connectivity index is 0.995. The molecule has 0 aliphatic carbocycles. The second kappa shape index (κ2) is 13.4. The van der Waals surface area contributed by atoms with Gasteiger partial charge in [0.15, 0.2) is 11.7 Å². The van der Waals surface area contributed by atoms with E-state index in [2.05, 4.69) is 119 Å². The van der Waals surface area contributed by atoms with Crippen LogP contribution >= 0.6 is 11.3 Å². The van der Waals surface area contributed by atoms with Crippen molar-refractivity contribution in [2.75, 3.05) is 0 Å². The predicted octanol–water partition coefficient (Wildman–Crippen LogP) is 13.6. The standard InChI is InChI=1S/C51H32N4OS/c52-50(33-13-3-1-4-14-33)54-51(34-15-5-2-6-16-34)53-31-32-25-27-42-46(29-32)56-45-24-12-19-39(48(42)45)41-21-11-20-40-38-28-26-35(30-47(38)57-49(40)41)55-43-22-9-7-17-36(43)37-18-8-10-23-44(37)55/h1-31,52H/b52-50?,53-31+,54-51-. The van der Waals surface area contributed by atoms with Crippen molar-refractivity contribution >= 4 is 93.1 Å². The summed E-state index contributed by atoms with van der Waals surface area (Å²) in [6, 6.07) is 62.7. The number of amidine groups is 2. The highest BCUT2D eigenvalue weighted by Crippen LogP contribution is 2.45. The number of para-hydroxylation sites is 2. The summed E-state index contributed by atoms with van der Waals surface area (Å²) in [6.45, 7) is 0. The van der Waals surface area contributed by atoms with Gasteiger partial charge in [0.05, 0.1) is 11.0 Å². The molecule has 0 saturated carbocycles. The third-order valence-corrected chi connectivity index (χ3v) is 12.0. The number of thiophene rings is 1. The van der Waals surface area contributed by atoms with Crippen LogP contribution in [-0.4, -0.2) is 22.5 Å². The van der Waals surface area contributed by atoms with Gasteiger partial charge in [0.2, 0.25) is 0 Å². The first-order chi connectivity index (χ1) is 28.2. The number of benzene rings is 8. The van der Waals surface area contributed by atoms with E-state index in [4.69, 9.17) is 14.8 Å². The van der Waals surface area contributed by atoms with Crippen LogP contribution in [0, 0.1) is 5.41 Å². The number of rotatable bonds is 5. The van der Waals surface area contributed by atoms with E-state index >= 15 is 0 Å². The zero-order chi connectivity index (χ0) is 37.9. The zero-order valence-corrected chi connectivity index (χ0v) is 31.4. The molecule has 0 bridgehead atoms. The lowest BCUT2D eigenvalue weighted by atomic mass is 9.97. The Morgan fingerprint density at radius 2 is 1.19 bits per heavy atom. The third kappa shape index (κ3) is 5.57. The molecule has 57 heavy (non-hydrogen) atoms. The zero-order valence-electron chi connectivity index (χ0n) is 30.6. The van der Waals surface area contributed by atoms with Gasteiger partial charge < -0.3 is 8.98 Å². The topological polar surface area (TPSA) is 66.6 Å². The van der Waals surface area contributed by atoms with Crippen molar-refractivity contribution in [3.05, 3.63) is 199 Å². The molecule has 11 aromatic rings. The second-order valence-corrected chi connectivity index (χ2v) is 15.2. The molecule has 0 amide bonds. The smallest absolute Gasteiger partial charge is 0.161 e. The Morgan fingerprint density at radius 3 is 1.96 bits per heavy atom. The maximum Gasteiger partial charge on any atom is 0.161 e. The van der Waals surface area contributed by atoms with Crippen LogP contribution in [0.15, 0.2) is 196 Å². The van der Waals surface area contributed by atoms with Crippen LogP contribution in [0.1, 0.15) is 16.7 Å². The Morgan fingerprint density at radius 1 is 0.544 bits per heavy atom. The SMILES string of the molecule is N=C(/N=C(\N=C\c1ccc2c(c1)oc1cccc(-c3cccc4c3sc3cc(-n5c6ccccc6c6ccccc65)ccc34)c12)c1ccccc1)c1ccccc1. The highest BCUT2D eigenvalue weighted by Gasteiger charge is 2.18. The lowest BCUT2D eigenvalue weighted by Gasteiger charge is -2.08. The molecule has 0 spiro atoms. The molecule has 0 aliphatic heterocycles. The van der Waals surface area contributed by atoms with Gasteiger partial charge in [-0.2, -0.15) is 0 Å². The molecule has 8 aromatic carbocycles. The first-order valence-electron chi connectivity index (χ1n) is 18.9. The number of hydrogen-bond acceptors (Lipinski definition) is 3. The van der Waals surface area contributed by atoms with Crippen molar-refractivity contribution in [3.63, 3.8) is 0 Å². The predicted molar refractivity (Wildman–Crippen MR) is 240 cm³/mol. The maximum atomic E-state index is 8.65. The summed E-state index contributed by atoms with van der Waals surface area (Å²) in [5.74, 6) is 0.624. The highest BCUT2D eigenvalue weighted by atomic mass is 32.1. The van der Waals surface area contributed by atoms with Gasteiger partial charge in [0.25, 0.3) is 0 Å². The number of aliphatic imine (C=N–C) groups is 2. The monoisotopic (exact) mass is 748 g/mol. The highest BCUT2D eigenvalue weighted by molar-refractivity contribution is 7.26. The largest absolute Gasteiger partial charge is 0.456 e. The Kier molecular flexibility index (Phi) is 7.76. The Labute approximate surface area is 331 Å². The molecular weight excluding hydrogens is 717 g/mol. The van der Waals surface area contributed by atoms with Crippen molar-refractivity contribution in [1.82, 2.24) is 4.57 Å². The summed E-state index contributed by atoms with van der Waals surface area (Å²) in [5.41, 5.74) is 9.99. The van der Waals surface area contributed by atoms with Gasteiger partial charge in [-0.05, 0) is 53.6 Å². The fraction of sp³-hybridized carbons (Fsp3) is 0. The number of furan rings is 1. The van der Waals surface area contributed by atoms with Crippen LogP contribution in [0.5, 0.6) is 0 Å². The molecular formula is C51H32N4OS. The van der Waals surface area contributed by atoms with Crippen molar-refractivity contribution in [2.45, 2.75) is 0 Å². The Hall–Kier alpha value is -7.41. The molecule has 3 heterocycles. The molecule has 0 aliphatic rings. The molecule has 0 radical (unpaired) electrons. The van der Waals surface area contributed by atoms with Crippen LogP contribution < -0.4 is 0 Å². The van der Waals surface area contributed by atoms with E-state index in [9.17, 15) is 0 Å². The number of nitrogens with zero attached hydrogens (tertiary/aromatic N) is 3. The maximum absolute atomic E-state index is 8.65. The van der Waals surface area contributed by atoms with Crippen molar-refractivity contribution in [1.29, 1.82) is 5.41 Å². The van der Waals surface area contributed by atoms with Gasteiger partial charge in [-0.15, -0.1) is 11.3 Å². The minimum Gasteiger partial charge on any atom is -0.456 e. The molecule has 0 fully saturated rings. The lowest BCUT2D eigenvalue weighted by Crippen LogP contribution is -2.04. The van der Waals surface area contributed by atoms with Crippen LogP contribution in [0.25, 0.3) is 80.7 Å². The van der Waals surface area contributed by atoms with E-state index in [1.165, 1.54) is 47.5 Å². The first-order valence-corrected chi connectivity index (χ1v) is 19.7. The molecule has 3 aromatic heterocycles. The van der Waals surface area contributed by atoms with Crippen LogP contribution in [0.2, 0.25) is 0 Å². The fourth-order valence-corrected chi connectivity index (χ4v) is 9.41. The average molecular weight is 749 g/mol. The van der Waals surface area contributed by atoms with Crippen LogP contribution in [-0.2, 0) is 0 Å². The van der Waals surface area contributed by atoms with Gasteiger partial charge >= 0.3 is 0 Å². The van der Waals surface area contributed by atoms with Gasteiger partial charge in [-0.25, -0.2) is 9.98 Å². The number of aromatic nitrogens is 1. The summed E-state index contributed by atoms with van der Waals surface area (Å²) in [7, 11) is 0. The number of hydrogen-bond donors (Lipinski definition) is 1. The van der Waals surface area contributed by atoms with E-state index in [-0.39, 0.29) is 5.84 Å². The van der Waals surface area contributed by atoms with Gasteiger partial charge in [-0.3, -0.25) is 5.41 Å². The Bertz CT molecular complexity index is 3370. The van der Waals surface area contributed by atoms with Gasteiger partial charge in [0, 0.05) is 70.3 Å². The number of nitrogens with one attached hydrogen (secondary N) is 1. The van der Waals surface area contributed by atoms with E-state index in [1.807, 2.05) is 84.1 Å². The fourth-order valence-electron chi connectivity index (χ4n) is 8.14. The summed E-state index contributed by atoms with van der Waals surface area (Å²) in [4.78, 5) is 9.44. The number of fused-ring (bicyclic) bond motifs is 9. The summed E-state index contributed by atoms with van der Waals surface area (Å²) < 4.78 is 11.4. The van der Waals surface area contributed by atoms with Crippen molar-refractivity contribution in [2.24, 2.45) is 9.98 Å². The molecule has 0 atom stereocenters. The van der Waals surface area contributed by atoms with Gasteiger partial charge in [0.1, 0.15) is 11.2 Å². The molecule has 5 nitrogen and oxygen atoms in total. The minimum absolute atomic E-state index is 0.157. The molecule has 1 N–H and O–H groups in total.